The highest BCUT2D eigenvalue weighted by atomic mass is 19.4. The predicted molar refractivity (Wildman–Crippen MR) is 40.0 cm³/mol. The largest absolute Gasteiger partial charge is 0.468 e. The Labute approximate surface area is 78.6 Å². The molecule has 0 aromatic carbocycles. The second kappa shape index (κ2) is 5.44. The molecule has 0 aromatic rings. The summed E-state index contributed by atoms with van der Waals surface area (Å²) in [5.74, 6) is -2.78. The first-order chi connectivity index (χ1) is 6.41. The van der Waals surface area contributed by atoms with Gasteiger partial charge in [0.1, 0.15) is 0 Å². The highest BCUT2D eigenvalue weighted by Crippen LogP contribution is 2.24. The number of alkyl halides is 3. The van der Waals surface area contributed by atoms with Gasteiger partial charge in [-0.2, -0.15) is 18.4 Å². The lowest BCUT2D eigenvalue weighted by Gasteiger charge is -2.12. The Morgan fingerprint density at radius 2 is 2.21 bits per heavy atom. The van der Waals surface area contributed by atoms with Crippen LogP contribution in [0.15, 0.2) is 0 Å². The molecule has 4 nitrogen and oxygen atoms in total. The van der Waals surface area contributed by atoms with Gasteiger partial charge in [-0.25, -0.2) is 0 Å². The number of hydrogen-bond donors (Lipinski definition) is 1. The highest BCUT2D eigenvalue weighted by molar-refractivity contribution is 5.71. The van der Waals surface area contributed by atoms with E-state index in [2.05, 4.69) is 10.1 Å². The normalized spacial score (nSPS) is 13.1. The zero-order valence-electron chi connectivity index (χ0n) is 7.39. The first-order valence-corrected chi connectivity index (χ1v) is 3.65. The number of ether oxygens (including phenoxy) is 1. The number of methoxy groups -OCH3 is 1. The van der Waals surface area contributed by atoms with E-state index in [9.17, 15) is 18.0 Å². The van der Waals surface area contributed by atoms with Crippen LogP contribution in [0.3, 0.4) is 0 Å². The van der Waals surface area contributed by atoms with Gasteiger partial charge >= 0.3 is 12.1 Å². The van der Waals surface area contributed by atoms with Crippen LogP contribution < -0.4 is 5.32 Å². The van der Waals surface area contributed by atoms with Gasteiger partial charge in [0.05, 0.1) is 19.7 Å². The van der Waals surface area contributed by atoms with Crippen LogP contribution in [0.25, 0.3) is 0 Å². The minimum absolute atomic E-state index is 0.342. The van der Waals surface area contributed by atoms with Gasteiger partial charge in [-0.15, -0.1) is 0 Å². The van der Waals surface area contributed by atoms with E-state index in [0.717, 1.165) is 13.2 Å². The zero-order valence-corrected chi connectivity index (χ0v) is 7.39. The molecule has 0 aliphatic carbocycles. The van der Waals surface area contributed by atoms with Crippen LogP contribution in [0.4, 0.5) is 13.2 Å². The number of esters is 1. The van der Waals surface area contributed by atoms with Crippen LogP contribution in [-0.4, -0.2) is 32.3 Å². The van der Waals surface area contributed by atoms with E-state index in [1.807, 2.05) is 0 Å². The molecule has 0 saturated heterocycles. The molecule has 80 valence electrons. The molecule has 0 saturated carbocycles. The van der Waals surface area contributed by atoms with Crippen molar-refractivity contribution >= 4 is 5.97 Å². The lowest BCUT2D eigenvalue weighted by molar-refractivity contribution is -0.158. The van der Waals surface area contributed by atoms with Crippen molar-refractivity contribution in [3.63, 3.8) is 0 Å². The topological polar surface area (TPSA) is 62.1 Å². The van der Waals surface area contributed by atoms with E-state index in [0.29, 0.717) is 0 Å². The molecule has 0 aliphatic rings. The molecule has 14 heavy (non-hydrogen) atoms. The number of nitrogens with one attached hydrogen (secondary N) is 1. The minimum atomic E-state index is -4.57. The molecule has 0 aliphatic heterocycles. The van der Waals surface area contributed by atoms with Gasteiger partial charge < -0.3 is 10.1 Å². The number of rotatable bonds is 4. The molecule has 0 aromatic heterocycles. The summed E-state index contributed by atoms with van der Waals surface area (Å²) in [4.78, 5) is 10.5. The molecular weight excluding hydrogens is 201 g/mol. The number of hydrogen-bond acceptors (Lipinski definition) is 4. The minimum Gasteiger partial charge on any atom is -0.468 e. The lowest BCUT2D eigenvalue weighted by atomic mass is 10.1. The van der Waals surface area contributed by atoms with Gasteiger partial charge in [-0.1, -0.05) is 0 Å². The van der Waals surface area contributed by atoms with Crippen molar-refractivity contribution in [2.45, 2.75) is 6.18 Å². The van der Waals surface area contributed by atoms with Crippen molar-refractivity contribution in [1.82, 2.24) is 5.32 Å². The standard InChI is InChI=1S/C7H9F3N2O2/c1-14-6(13)4-12-3-5(2-11)7(8,9)10/h5,12H,3-4H2,1H3. The van der Waals surface area contributed by atoms with Crippen LogP contribution in [0.2, 0.25) is 0 Å². The third-order valence-corrected chi connectivity index (χ3v) is 1.40. The summed E-state index contributed by atoms with van der Waals surface area (Å²) < 4.78 is 40.0. The van der Waals surface area contributed by atoms with Crippen molar-refractivity contribution in [3.05, 3.63) is 0 Å². The van der Waals surface area contributed by atoms with Gasteiger partial charge in [0.2, 0.25) is 0 Å². The van der Waals surface area contributed by atoms with E-state index in [1.54, 1.807) is 0 Å². The van der Waals surface area contributed by atoms with Crippen LogP contribution in [0.1, 0.15) is 0 Å². The van der Waals surface area contributed by atoms with Gasteiger partial charge in [-0.3, -0.25) is 4.79 Å². The number of nitriles is 1. The zero-order chi connectivity index (χ0) is 11.2. The van der Waals surface area contributed by atoms with Crippen molar-refractivity contribution in [1.29, 1.82) is 5.26 Å². The summed E-state index contributed by atoms with van der Waals surface area (Å²) in [6.45, 7) is -0.958. The summed E-state index contributed by atoms with van der Waals surface area (Å²) in [7, 11) is 1.12. The molecule has 1 unspecified atom stereocenters. The van der Waals surface area contributed by atoms with E-state index in [4.69, 9.17) is 5.26 Å². The number of halogens is 3. The maximum Gasteiger partial charge on any atom is 0.405 e. The summed E-state index contributed by atoms with van der Waals surface area (Å²) in [5, 5.41) is 10.3. The monoisotopic (exact) mass is 210 g/mol. The van der Waals surface area contributed by atoms with E-state index < -0.39 is 24.6 Å². The van der Waals surface area contributed by atoms with Crippen LogP contribution >= 0.6 is 0 Å². The Morgan fingerprint density at radius 1 is 1.64 bits per heavy atom. The maximum absolute atomic E-state index is 11.9. The van der Waals surface area contributed by atoms with Gasteiger partial charge in [0.25, 0.3) is 0 Å². The summed E-state index contributed by atoms with van der Waals surface area (Å²) in [6.07, 6.45) is -4.57. The molecule has 7 heteroatoms. The average molecular weight is 210 g/mol. The van der Waals surface area contributed by atoms with Crippen molar-refractivity contribution < 1.29 is 22.7 Å². The third kappa shape index (κ3) is 4.67. The first kappa shape index (κ1) is 12.7. The summed E-state index contributed by atoms with van der Waals surface area (Å²) in [5.41, 5.74) is 0. The molecule has 0 spiro atoms. The maximum atomic E-state index is 11.9. The van der Waals surface area contributed by atoms with E-state index in [-0.39, 0.29) is 6.54 Å². The molecule has 0 radical (unpaired) electrons. The lowest BCUT2D eigenvalue weighted by Crippen LogP contribution is -2.35. The Kier molecular flexibility index (Phi) is 4.94. The van der Waals surface area contributed by atoms with E-state index in [1.165, 1.54) is 0 Å². The first-order valence-electron chi connectivity index (χ1n) is 3.65. The fraction of sp³-hybridized carbons (Fsp3) is 0.714. The third-order valence-electron chi connectivity index (χ3n) is 1.40. The van der Waals surface area contributed by atoms with Gasteiger partial charge in [0.15, 0.2) is 5.92 Å². The van der Waals surface area contributed by atoms with Crippen molar-refractivity contribution in [2.24, 2.45) is 5.92 Å². The Balaban J connectivity index is 3.88. The Hall–Kier alpha value is -1.29. The van der Waals surface area contributed by atoms with Gasteiger partial charge in [0, 0.05) is 6.54 Å². The smallest absolute Gasteiger partial charge is 0.405 e. The second-order valence-corrected chi connectivity index (χ2v) is 2.43. The molecule has 0 amide bonds. The Bertz CT molecular complexity index is 234. The molecule has 0 bridgehead atoms. The predicted octanol–water partition coefficient (Wildman–Crippen LogP) is 0.451. The van der Waals surface area contributed by atoms with Crippen molar-refractivity contribution in [3.8, 4) is 6.07 Å². The summed E-state index contributed by atoms with van der Waals surface area (Å²) >= 11 is 0. The van der Waals surface area contributed by atoms with Crippen LogP contribution in [0.5, 0.6) is 0 Å². The molecule has 0 rings (SSSR count). The quantitative estimate of drug-likeness (QED) is 0.684. The van der Waals surface area contributed by atoms with E-state index >= 15 is 0 Å². The fourth-order valence-corrected chi connectivity index (χ4v) is 0.625. The molecule has 0 heterocycles. The average Bonchev–Trinajstić information content (AvgIpc) is 2.09. The molecule has 1 N–H and O–H groups in total. The number of carbonyl (C=O) groups excluding carboxylic acids is 1. The number of nitrogens with zero attached hydrogens (tertiary/aromatic N) is 1. The van der Waals surface area contributed by atoms with Gasteiger partial charge in [-0.05, 0) is 0 Å². The van der Waals surface area contributed by atoms with Crippen molar-refractivity contribution in [2.75, 3.05) is 20.2 Å². The SMILES string of the molecule is COC(=O)CNCC(C#N)C(F)(F)F. The molecule has 1 atom stereocenters. The molecular formula is C7H9F3N2O2. The summed E-state index contributed by atoms with van der Waals surface area (Å²) in [6, 6.07) is 1.09. The highest BCUT2D eigenvalue weighted by Gasteiger charge is 2.39. The van der Waals surface area contributed by atoms with Crippen LogP contribution in [0, 0.1) is 17.2 Å². The van der Waals surface area contributed by atoms with Crippen LogP contribution in [-0.2, 0) is 9.53 Å². The fourth-order valence-electron chi connectivity index (χ4n) is 0.625. The second-order valence-electron chi connectivity index (χ2n) is 2.43. The molecule has 0 fully saturated rings. The number of carbonyl (C=O) groups is 1. The Morgan fingerprint density at radius 3 is 2.57 bits per heavy atom.